The van der Waals surface area contributed by atoms with Crippen molar-refractivity contribution < 1.29 is 60.5 Å². The molecule has 3 unspecified atom stereocenters. The molecule has 3 N–H and O–H groups in total. The summed E-state index contributed by atoms with van der Waals surface area (Å²) in [5, 5.41) is 5.98. The molecule has 3 atom stereocenters. The number of halogens is 1. The Bertz CT molecular complexity index is 2760. The van der Waals surface area contributed by atoms with E-state index >= 15 is 0 Å². The SMILES string of the molecule is CCNC(=O)C(CCCCC(=O)OCc1ccccc1)NC(=O)CC1C(CC(=O)COc2ccc3c(c2)S(=O)(=O)CCc2c-3[nH]c3ccc(F)cc23)C(=O)N1C(=O)OCc1ccc(OC)cc1. The maximum Gasteiger partial charge on any atom is 0.417 e. The highest BCUT2D eigenvalue weighted by atomic mass is 32.2. The average molecular weight is 939 g/mol. The number of unbranched alkanes of at least 4 members (excludes halogenated alkanes) is 1. The lowest BCUT2D eigenvalue weighted by Crippen LogP contribution is -2.65. The van der Waals surface area contributed by atoms with Crippen LogP contribution in [0.5, 0.6) is 11.5 Å². The highest BCUT2D eigenvalue weighted by molar-refractivity contribution is 7.91. The molecule has 0 bridgehead atoms. The van der Waals surface area contributed by atoms with Crippen molar-refractivity contribution in [3.8, 4) is 22.8 Å². The first-order valence-electron chi connectivity index (χ1n) is 22.0. The summed E-state index contributed by atoms with van der Waals surface area (Å²) in [4.78, 5) is 83.6. The number of methoxy groups -OCH3 is 1. The Kier molecular flexibility index (Phi) is 15.3. The lowest BCUT2D eigenvalue weighted by Gasteiger charge is -2.44. The fourth-order valence-corrected chi connectivity index (χ4v) is 9.73. The van der Waals surface area contributed by atoms with Crippen molar-refractivity contribution in [3.05, 3.63) is 114 Å². The van der Waals surface area contributed by atoms with Crippen LogP contribution in [-0.4, -0.2) is 92.0 Å². The van der Waals surface area contributed by atoms with Gasteiger partial charge in [0.2, 0.25) is 17.7 Å². The summed E-state index contributed by atoms with van der Waals surface area (Å²) in [6.45, 7) is 1.35. The monoisotopic (exact) mass is 938 g/mol. The van der Waals surface area contributed by atoms with Crippen molar-refractivity contribution in [2.75, 3.05) is 26.0 Å². The number of amides is 4. The number of nitrogens with one attached hydrogen (secondary N) is 3. The molecule has 0 radical (unpaired) electrons. The van der Waals surface area contributed by atoms with Gasteiger partial charge < -0.3 is 34.6 Å². The third kappa shape index (κ3) is 11.7. The van der Waals surface area contributed by atoms with Crippen LogP contribution in [-0.2, 0) is 62.9 Å². The van der Waals surface area contributed by atoms with Crippen molar-refractivity contribution in [1.29, 1.82) is 0 Å². The van der Waals surface area contributed by atoms with Gasteiger partial charge in [0.1, 0.15) is 43.2 Å². The van der Waals surface area contributed by atoms with Gasteiger partial charge in [0, 0.05) is 42.3 Å². The van der Waals surface area contributed by atoms with E-state index in [9.17, 15) is 41.6 Å². The number of H-pyrrole nitrogens is 1. The summed E-state index contributed by atoms with van der Waals surface area (Å²) in [7, 11) is -2.33. The molecule has 18 heteroatoms. The number of β-lactam (4-membered cyclic amide) rings is 1. The van der Waals surface area contributed by atoms with Crippen LogP contribution in [0.2, 0.25) is 0 Å². The first-order valence-corrected chi connectivity index (χ1v) is 23.6. The number of fused-ring (bicyclic) bond motifs is 5. The molecular weight excluding hydrogens is 888 g/mol. The Morgan fingerprint density at radius 3 is 2.36 bits per heavy atom. The van der Waals surface area contributed by atoms with Crippen LogP contribution in [0.1, 0.15) is 62.1 Å². The number of rotatable bonds is 20. The van der Waals surface area contributed by atoms with Gasteiger partial charge in [-0.05, 0) is 91.4 Å². The molecule has 3 heterocycles. The topological polar surface area (TPSA) is 217 Å². The van der Waals surface area contributed by atoms with Crippen LogP contribution in [0.25, 0.3) is 22.2 Å². The summed E-state index contributed by atoms with van der Waals surface area (Å²) in [5.41, 5.74) is 3.68. The quantitative estimate of drug-likeness (QED) is 0.0457. The molecule has 2 aliphatic heterocycles. The number of imide groups is 1. The molecule has 4 amide bonds. The van der Waals surface area contributed by atoms with Gasteiger partial charge in [-0.2, -0.15) is 0 Å². The van der Waals surface area contributed by atoms with E-state index < -0.39 is 88.7 Å². The van der Waals surface area contributed by atoms with E-state index in [2.05, 4.69) is 15.6 Å². The van der Waals surface area contributed by atoms with Crippen molar-refractivity contribution in [3.63, 3.8) is 0 Å². The second-order valence-corrected chi connectivity index (χ2v) is 18.4. The molecule has 0 saturated carbocycles. The Morgan fingerprint density at radius 2 is 1.61 bits per heavy atom. The number of aryl methyl sites for hydroxylation is 1. The lowest BCUT2D eigenvalue weighted by molar-refractivity contribution is -0.157. The molecule has 67 heavy (non-hydrogen) atoms. The van der Waals surface area contributed by atoms with E-state index in [1.54, 1.807) is 43.3 Å². The Morgan fingerprint density at radius 1 is 0.881 bits per heavy atom. The van der Waals surface area contributed by atoms with E-state index in [-0.39, 0.29) is 55.4 Å². The van der Waals surface area contributed by atoms with E-state index in [1.165, 1.54) is 31.4 Å². The maximum atomic E-state index is 14.2. The number of ether oxygens (including phenoxy) is 4. The molecule has 4 aromatic carbocycles. The molecule has 352 valence electrons. The number of carbonyl (C=O) groups is 6. The Labute approximate surface area is 386 Å². The maximum absolute atomic E-state index is 14.2. The van der Waals surface area contributed by atoms with E-state index in [1.807, 2.05) is 30.3 Å². The van der Waals surface area contributed by atoms with Crippen molar-refractivity contribution in [2.24, 2.45) is 5.92 Å². The first kappa shape index (κ1) is 47.9. The molecule has 1 saturated heterocycles. The summed E-state index contributed by atoms with van der Waals surface area (Å²) in [5.74, 6) is -4.05. The van der Waals surface area contributed by atoms with Crippen molar-refractivity contribution in [2.45, 2.75) is 82.1 Å². The second kappa shape index (κ2) is 21.5. The van der Waals surface area contributed by atoms with Gasteiger partial charge >= 0.3 is 12.1 Å². The molecule has 1 aromatic heterocycles. The zero-order valence-corrected chi connectivity index (χ0v) is 37.8. The Hall–Kier alpha value is -7.08. The third-order valence-corrected chi connectivity index (χ3v) is 13.5. The number of benzene rings is 4. The van der Waals surface area contributed by atoms with Crippen LogP contribution >= 0.6 is 0 Å². The number of likely N-dealkylation sites (N-methyl/N-ethyl adjacent to an activating group) is 1. The standard InChI is InChI=1S/C49H51FN4O12S/c1-3-51-47(58)41(11-7-8-12-45(57)65-27-30-9-5-4-6-10-30)52-44(56)26-42-39(48(59)54(42)49(60)66-28-31-13-16-34(63-2)17-14-31)24-33(55)29-64-35-18-19-37-43(25-35)67(61,62)22-21-36-38-23-32(50)15-20-40(38)53-46(36)37/h4-6,9-10,13-20,23,25,39,41-42,53H,3,7-8,11-12,21-22,24,26-29H2,1-2H3,(H,51,58)(H,52,56). The highest BCUT2D eigenvalue weighted by Gasteiger charge is 2.53. The van der Waals surface area contributed by atoms with E-state index in [0.717, 1.165) is 10.5 Å². The average Bonchev–Trinajstić information content (AvgIpc) is 3.64. The number of aromatic amines is 1. The van der Waals surface area contributed by atoms with E-state index in [0.29, 0.717) is 51.9 Å². The molecule has 0 spiro atoms. The predicted molar refractivity (Wildman–Crippen MR) is 242 cm³/mol. The minimum atomic E-state index is -3.83. The first-order chi connectivity index (χ1) is 32.2. The summed E-state index contributed by atoms with van der Waals surface area (Å²) < 4.78 is 62.8. The number of carbonyl (C=O) groups excluding carboxylic acids is 6. The molecule has 5 aromatic rings. The molecular formula is C49H51FN4O12S. The van der Waals surface area contributed by atoms with Crippen LogP contribution in [0, 0.1) is 11.7 Å². The summed E-state index contributed by atoms with van der Waals surface area (Å²) >= 11 is 0. The molecule has 1 fully saturated rings. The minimum Gasteiger partial charge on any atom is -0.497 e. The fourth-order valence-electron chi connectivity index (χ4n) is 8.24. The molecule has 7 rings (SSSR count). The summed E-state index contributed by atoms with van der Waals surface area (Å²) in [6.07, 6.45) is -0.753. The second-order valence-electron chi connectivity index (χ2n) is 16.3. The van der Waals surface area contributed by atoms with Crippen LogP contribution in [0.4, 0.5) is 9.18 Å². The number of nitrogens with zero attached hydrogens (tertiary/aromatic N) is 1. The van der Waals surface area contributed by atoms with Gasteiger partial charge in [-0.1, -0.05) is 48.9 Å². The normalized spacial score (nSPS) is 16.3. The summed E-state index contributed by atoms with van der Waals surface area (Å²) in [6, 6.07) is 22.4. The lowest BCUT2D eigenvalue weighted by atomic mass is 9.81. The van der Waals surface area contributed by atoms with Gasteiger partial charge in [-0.15, -0.1) is 0 Å². The molecule has 16 nitrogen and oxygen atoms in total. The van der Waals surface area contributed by atoms with Crippen molar-refractivity contribution >= 4 is 56.3 Å². The van der Waals surface area contributed by atoms with Crippen LogP contribution in [0.3, 0.4) is 0 Å². The predicted octanol–water partition coefficient (Wildman–Crippen LogP) is 6.13. The molecule has 2 aliphatic rings. The van der Waals surface area contributed by atoms with Gasteiger partial charge in [0.15, 0.2) is 15.6 Å². The smallest absolute Gasteiger partial charge is 0.417 e. The zero-order chi connectivity index (χ0) is 47.7. The Balaban J connectivity index is 1.00. The van der Waals surface area contributed by atoms with Crippen LogP contribution < -0.4 is 20.1 Å². The molecule has 0 aliphatic carbocycles. The third-order valence-electron chi connectivity index (χ3n) is 11.7. The fraction of sp³-hybridized carbons (Fsp3) is 0.347. The van der Waals surface area contributed by atoms with Gasteiger partial charge in [0.05, 0.1) is 35.4 Å². The zero-order valence-electron chi connectivity index (χ0n) is 37.0. The van der Waals surface area contributed by atoms with Gasteiger partial charge in [0.25, 0.3) is 0 Å². The number of hydrogen-bond acceptors (Lipinski definition) is 12. The number of aromatic nitrogens is 1. The number of ketones is 1. The number of likely N-dealkylation sites (tertiary alicyclic amines) is 1. The number of hydrogen-bond donors (Lipinski definition) is 3. The number of esters is 1. The van der Waals surface area contributed by atoms with Gasteiger partial charge in [-0.25, -0.2) is 22.5 Å². The largest absolute Gasteiger partial charge is 0.497 e. The van der Waals surface area contributed by atoms with Crippen molar-refractivity contribution in [1.82, 2.24) is 20.5 Å². The van der Waals surface area contributed by atoms with E-state index in [4.69, 9.17) is 18.9 Å². The van der Waals surface area contributed by atoms with Crippen LogP contribution in [0.15, 0.2) is 95.9 Å². The minimum absolute atomic E-state index is 0.0282. The number of sulfone groups is 1. The van der Waals surface area contributed by atoms with Gasteiger partial charge in [-0.3, -0.25) is 24.0 Å². The number of Topliss-reactive ketones (excluding diaryl/α,β-unsaturated/α-hetero) is 1. The highest BCUT2D eigenvalue weighted by Crippen LogP contribution is 2.40.